The minimum Gasteiger partial charge on any atom is -0.367 e. The normalized spacial score (nSPS) is 14.8. The average molecular weight is 372 g/mol. The van der Waals surface area contributed by atoms with Crippen LogP contribution in [0.2, 0.25) is 0 Å². The first kappa shape index (κ1) is 16.6. The van der Waals surface area contributed by atoms with E-state index < -0.39 is 10.0 Å². The Bertz CT molecular complexity index is 1040. The van der Waals surface area contributed by atoms with Crippen LogP contribution in [0.25, 0.3) is 11.0 Å². The van der Waals surface area contributed by atoms with Crippen molar-refractivity contribution in [2.75, 3.05) is 21.6 Å². The molecule has 0 saturated heterocycles. The lowest BCUT2D eigenvalue weighted by Gasteiger charge is -2.27. The van der Waals surface area contributed by atoms with Crippen molar-refractivity contribution >= 4 is 44.2 Å². The van der Waals surface area contributed by atoms with E-state index in [-0.39, 0.29) is 0 Å². The van der Waals surface area contributed by atoms with E-state index in [9.17, 15) is 8.42 Å². The molecule has 0 aliphatic heterocycles. The van der Waals surface area contributed by atoms with Crippen LogP contribution in [0, 0.1) is 0 Å². The maximum absolute atomic E-state index is 11.4. The number of nitrogens with zero attached hydrogens (tertiary/aromatic N) is 2. The molecule has 2 heterocycles. The summed E-state index contributed by atoms with van der Waals surface area (Å²) in [6, 6.07) is 9.38. The van der Waals surface area contributed by atoms with Gasteiger partial charge in [-0.2, -0.15) is 9.97 Å². The Hall–Kier alpha value is -2.81. The summed E-state index contributed by atoms with van der Waals surface area (Å²) in [6.07, 6.45) is 6.50. The minimum atomic E-state index is -3.33. The molecule has 0 unspecified atom stereocenters. The molecule has 1 aliphatic carbocycles. The van der Waals surface area contributed by atoms with Crippen LogP contribution in [0.5, 0.6) is 0 Å². The summed E-state index contributed by atoms with van der Waals surface area (Å²) in [5, 5.41) is 7.57. The Labute approximate surface area is 151 Å². The molecule has 8 nitrogen and oxygen atoms in total. The van der Waals surface area contributed by atoms with Gasteiger partial charge in [0.25, 0.3) is 0 Å². The molecule has 0 spiro atoms. The van der Waals surface area contributed by atoms with Gasteiger partial charge < -0.3 is 15.6 Å². The SMILES string of the molecule is CS(=O)(=O)Nc1cccc(Nc2nc(NC3CCC3)c3cc[nH]c3n2)c1. The van der Waals surface area contributed by atoms with Gasteiger partial charge in [-0.05, 0) is 43.5 Å². The minimum absolute atomic E-state index is 0.443. The van der Waals surface area contributed by atoms with Crippen molar-refractivity contribution in [3.8, 4) is 0 Å². The lowest BCUT2D eigenvalue weighted by atomic mass is 9.93. The molecule has 0 radical (unpaired) electrons. The average Bonchev–Trinajstić information content (AvgIpc) is 2.98. The molecule has 1 saturated carbocycles. The van der Waals surface area contributed by atoms with Crippen molar-refractivity contribution in [1.82, 2.24) is 15.0 Å². The largest absolute Gasteiger partial charge is 0.367 e. The van der Waals surface area contributed by atoms with Crippen LogP contribution in [-0.2, 0) is 10.0 Å². The van der Waals surface area contributed by atoms with Crippen molar-refractivity contribution < 1.29 is 8.42 Å². The molecule has 4 N–H and O–H groups in total. The van der Waals surface area contributed by atoms with Gasteiger partial charge in [-0.3, -0.25) is 4.72 Å². The number of H-pyrrole nitrogens is 1. The van der Waals surface area contributed by atoms with Crippen molar-refractivity contribution in [1.29, 1.82) is 0 Å². The number of hydrogen-bond acceptors (Lipinski definition) is 6. The van der Waals surface area contributed by atoms with Gasteiger partial charge in [0.05, 0.1) is 17.3 Å². The van der Waals surface area contributed by atoms with Gasteiger partial charge in [0.2, 0.25) is 16.0 Å². The molecule has 26 heavy (non-hydrogen) atoms. The number of nitrogens with one attached hydrogen (secondary N) is 4. The lowest BCUT2D eigenvalue weighted by molar-refractivity contribution is 0.445. The highest BCUT2D eigenvalue weighted by Crippen LogP contribution is 2.28. The quantitative estimate of drug-likeness (QED) is 0.529. The molecule has 136 valence electrons. The Morgan fingerprint density at radius 2 is 1.96 bits per heavy atom. The zero-order valence-electron chi connectivity index (χ0n) is 14.3. The fourth-order valence-electron chi connectivity index (χ4n) is 2.86. The molecule has 0 atom stereocenters. The molecular weight excluding hydrogens is 352 g/mol. The summed E-state index contributed by atoms with van der Waals surface area (Å²) in [5.74, 6) is 1.24. The molecule has 2 aromatic heterocycles. The van der Waals surface area contributed by atoms with E-state index in [1.807, 2.05) is 18.3 Å². The summed E-state index contributed by atoms with van der Waals surface area (Å²) < 4.78 is 25.3. The molecule has 4 rings (SSSR count). The number of aromatic nitrogens is 3. The van der Waals surface area contributed by atoms with Crippen molar-refractivity contribution in [2.24, 2.45) is 0 Å². The van der Waals surface area contributed by atoms with E-state index in [1.54, 1.807) is 18.2 Å². The standard InChI is InChI=1S/C17H20N6O2S/c1-26(24,25)23-13-7-3-6-12(10-13)20-17-21-15-14(8-9-18-15)16(22-17)19-11-4-2-5-11/h3,6-11,23H,2,4-5H2,1H3,(H3,18,19,20,21,22). The third-order valence-electron chi connectivity index (χ3n) is 4.28. The van der Waals surface area contributed by atoms with Gasteiger partial charge in [-0.1, -0.05) is 6.07 Å². The van der Waals surface area contributed by atoms with Crippen molar-refractivity contribution in [3.05, 3.63) is 36.5 Å². The van der Waals surface area contributed by atoms with Gasteiger partial charge in [-0.15, -0.1) is 0 Å². The zero-order valence-corrected chi connectivity index (χ0v) is 15.1. The predicted octanol–water partition coefficient (Wildman–Crippen LogP) is 3.04. The zero-order chi connectivity index (χ0) is 18.1. The third kappa shape index (κ3) is 3.72. The number of hydrogen-bond donors (Lipinski definition) is 4. The second-order valence-corrected chi connectivity index (χ2v) is 8.24. The molecule has 1 aliphatic rings. The molecule has 3 aromatic rings. The van der Waals surface area contributed by atoms with Crippen LogP contribution >= 0.6 is 0 Å². The van der Waals surface area contributed by atoms with Crippen LogP contribution in [0.3, 0.4) is 0 Å². The van der Waals surface area contributed by atoms with Gasteiger partial charge >= 0.3 is 0 Å². The monoisotopic (exact) mass is 372 g/mol. The summed E-state index contributed by atoms with van der Waals surface area (Å²) in [5.41, 5.74) is 1.92. The van der Waals surface area contributed by atoms with Crippen molar-refractivity contribution in [2.45, 2.75) is 25.3 Å². The summed E-state index contributed by atoms with van der Waals surface area (Å²) in [7, 11) is -3.33. The molecule has 9 heteroatoms. The second kappa shape index (κ2) is 6.49. The number of rotatable bonds is 6. The van der Waals surface area contributed by atoms with Crippen molar-refractivity contribution in [3.63, 3.8) is 0 Å². The van der Waals surface area contributed by atoms with Crippen LogP contribution in [-0.4, -0.2) is 35.7 Å². The van der Waals surface area contributed by atoms with E-state index in [0.717, 1.165) is 35.9 Å². The highest BCUT2D eigenvalue weighted by Gasteiger charge is 2.19. The smallest absolute Gasteiger partial charge is 0.231 e. The van der Waals surface area contributed by atoms with E-state index in [2.05, 4.69) is 30.3 Å². The maximum atomic E-state index is 11.4. The first-order valence-electron chi connectivity index (χ1n) is 8.43. The number of aromatic amines is 1. The third-order valence-corrected chi connectivity index (χ3v) is 4.89. The van der Waals surface area contributed by atoms with Gasteiger partial charge in [0, 0.05) is 17.9 Å². The lowest BCUT2D eigenvalue weighted by Crippen LogP contribution is -2.27. The molecule has 1 fully saturated rings. The van der Waals surface area contributed by atoms with Gasteiger partial charge in [0.15, 0.2) is 0 Å². The number of fused-ring (bicyclic) bond motifs is 1. The van der Waals surface area contributed by atoms with Crippen LogP contribution in [0.1, 0.15) is 19.3 Å². The Morgan fingerprint density at radius 3 is 2.69 bits per heavy atom. The fourth-order valence-corrected chi connectivity index (χ4v) is 3.41. The highest BCUT2D eigenvalue weighted by atomic mass is 32.2. The van der Waals surface area contributed by atoms with E-state index in [0.29, 0.717) is 23.4 Å². The van der Waals surface area contributed by atoms with Crippen LogP contribution < -0.4 is 15.4 Å². The first-order valence-corrected chi connectivity index (χ1v) is 10.3. The maximum Gasteiger partial charge on any atom is 0.231 e. The number of anilines is 4. The molecule has 1 aromatic carbocycles. The van der Waals surface area contributed by atoms with E-state index >= 15 is 0 Å². The Morgan fingerprint density at radius 1 is 1.15 bits per heavy atom. The summed E-state index contributed by atoms with van der Waals surface area (Å²) in [4.78, 5) is 12.2. The highest BCUT2D eigenvalue weighted by molar-refractivity contribution is 7.92. The number of benzene rings is 1. The Kier molecular flexibility index (Phi) is 4.15. The van der Waals surface area contributed by atoms with Gasteiger partial charge in [0.1, 0.15) is 11.5 Å². The molecular formula is C17H20N6O2S. The molecule has 0 bridgehead atoms. The second-order valence-electron chi connectivity index (χ2n) is 6.49. The van der Waals surface area contributed by atoms with Crippen LogP contribution in [0.4, 0.5) is 23.1 Å². The fraction of sp³-hybridized carbons (Fsp3) is 0.294. The van der Waals surface area contributed by atoms with Gasteiger partial charge in [-0.25, -0.2) is 8.42 Å². The molecule has 0 amide bonds. The summed E-state index contributed by atoms with van der Waals surface area (Å²) >= 11 is 0. The Balaban J connectivity index is 1.61. The number of sulfonamides is 1. The first-order chi connectivity index (χ1) is 12.5. The summed E-state index contributed by atoms with van der Waals surface area (Å²) in [6.45, 7) is 0. The van der Waals surface area contributed by atoms with E-state index in [4.69, 9.17) is 0 Å². The topological polar surface area (TPSA) is 112 Å². The van der Waals surface area contributed by atoms with E-state index in [1.165, 1.54) is 6.42 Å². The predicted molar refractivity (Wildman–Crippen MR) is 103 cm³/mol. The van der Waals surface area contributed by atoms with Crippen LogP contribution in [0.15, 0.2) is 36.5 Å².